The SMILES string of the molecule is O=S(=O)(c1ccc2c(c1)OCCO2)N1CCCC(N2CCOCC2)C1. The highest BCUT2D eigenvalue weighted by atomic mass is 32.2. The minimum absolute atomic E-state index is 0.268. The van der Waals surface area contributed by atoms with Gasteiger partial charge in [-0.15, -0.1) is 0 Å². The van der Waals surface area contributed by atoms with Gasteiger partial charge >= 0.3 is 0 Å². The zero-order valence-electron chi connectivity index (χ0n) is 14.2. The van der Waals surface area contributed by atoms with Gasteiger partial charge in [0.1, 0.15) is 13.2 Å². The summed E-state index contributed by atoms with van der Waals surface area (Å²) in [7, 11) is -3.53. The van der Waals surface area contributed by atoms with Gasteiger partial charge in [0.2, 0.25) is 10.0 Å². The monoisotopic (exact) mass is 368 g/mol. The van der Waals surface area contributed by atoms with E-state index in [1.807, 2.05) is 0 Å². The normalized spacial score (nSPS) is 25.7. The van der Waals surface area contributed by atoms with Gasteiger partial charge in [0.05, 0.1) is 18.1 Å². The second-order valence-corrected chi connectivity index (χ2v) is 8.55. The van der Waals surface area contributed by atoms with Crippen molar-refractivity contribution < 1.29 is 22.6 Å². The fraction of sp³-hybridized carbons (Fsp3) is 0.647. The van der Waals surface area contributed by atoms with E-state index < -0.39 is 10.0 Å². The lowest BCUT2D eigenvalue weighted by Gasteiger charge is -2.40. The first-order valence-corrected chi connectivity index (χ1v) is 10.3. The average molecular weight is 368 g/mol. The van der Waals surface area contributed by atoms with Crippen LogP contribution < -0.4 is 9.47 Å². The lowest BCUT2D eigenvalue weighted by Crippen LogP contribution is -2.52. The molecule has 0 spiro atoms. The van der Waals surface area contributed by atoms with E-state index in [2.05, 4.69) is 4.90 Å². The number of ether oxygens (including phenoxy) is 3. The van der Waals surface area contributed by atoms with Crippen LogP contribution in [0.5, 0.6) is 11.5 Å². The van der Waals surface area contributed by atoms with Crippen molar-refractivity contribution in [2.75, 3.05) is 52.6 Å². The molecule has 4 rings (SSSR count). The molecular weight excluding hydrogens is 344 g/mol. The minimum Gasteiger partial charge on any atom is -0.486 e. The van der Waals surface area contributed by atoms with Crippen LogP contribution in [-0.4, -0.2) is 76.3 Å². The Balaban J connectivity index is 1.53. The van der Waals surface area contributed by atoms with Crippen LogP contribution in [0.15, 0.2) is 23.1 Å². The van der Waals surface area contributed by atoms with E-state index in [0.29, 0.717) is 37.8 Å². The molecule has 1 unspecified atom stereocenters. The summed E-state index contributed by atoms with van der Waals surface area (Å²) in [6.07, 6.45) is 1.92. The molecule has 0 N–H and O–H groups in total. The highest BCUT2D eigenvalue weighted by Gasteiger charge is 2.33. The number of hydrogen-bond donors (Lipinski definition) is 0. The fourth-order valence-electron chi connectivity index (χ4n) is 3.71. The van der Waals surface area contributed by atoms with Crippen molar-refractivity contribution >= 4 is 10.0 Å². The molecule has 2 saturated heterocycles. The van der Waals surface area contributed by atoms with Crippen LogP contribution in [0, 0.1) is 0 Å². The Morgan fingerprint density at radius 3 is 2.52 bits per heavy atom. The largest absolute Gasteiger partial charge is 0.486 e. The molecule has 1 aromatic rings. The summed E-state index contributed by atoms with van der Waals surface area (Å²) < 4.78 is 44.2. The second kappa shape index (κ2) is 7.11. The number of piperidine rings is 1. The van der Waals surface area contributed by atoms with Crippen LogP contribution in [0.25, 0.3) is 0 Å². The Morgan fingerprint density at radius 1 is 0.960 bits per heavy atom. The Kier molecular flexibility index (Phi) is 4.86. The Morgan fingerprint density at radius 2 is 1.72 bits per heavy atom. The quantitative estimate of drug-likeness (QED) is 0.791. The van der Waals surface area contributed by atoms with Crippen molar-refractivity contribution in [3.05, 3.63) is 18.2 Å². The zero-order valence-corrected chi connectivity index (χ0v) is 15.0. The van der Waals surface area contributed by atoms with Crippen molar-refractivity contribution in [3.8, 4) is 11.5 Å². The Hall–Kier alpha value is -1.35. The molecule has 0 aromatic heterocycles. The molecule has 7 nitrogen and oxygen atoms in total. The van der Waals surface area contributed by atoms with Crippen LogP contribution in [0.4, 0.5) is 0 Å². The summed E-state index contributed by atoms with van der Waals surface area (Å²) in [5.74, 6) is 1.11. The van der Waals surface area contributed by atoms with Crippen molar-refractivity contribution in [1.29, 1.82) is 0 Å². The molecule has 3 aliphatic heterocycles. The first-order valence-electron chi connectivity index (χ1n) is 8.86. The third kappa shape index (κ3) is 3.48. The summed E-state index contributed by atoms with van der Waals surface area (Å²) in [4.78, 5) is 2.63. The third-order valence-electron chi connectivity index (χ3n) is 5.07. The molecule has 0 saturated carbocycles. The van der Waals surface area contributed by atoms with Gasteiger partial charge in [0.15, 0.2) is 11.5 Å². The van der Waals surface area contributed by atoms with Gasteiger partial charge in [-0.2, -0.15) is 4.31 Å². The first-order chi connectivity index (χ1) is 12.1. The number of nitrogens with zero attached hydrogens (tertiary/aromatic N) is 2. The van der Waals surface area contributed by atoms with Gasteiger partial charge < -0.3 is 14.2 Å². The maximum Gasteiger partial charge on any atom is 0.243 e. The molecular formula is C17H24N2O5S. The van der Waals surface area contributed by atoms with Crippen molar-refractivity contribution in [1.82, 2.24) is 9.21 Å². The molecule has 0 radical (unpaired) electrons. The smallest absolute Gasteiger partial charge is 0.243 e. The molecule has 25 heavy (non-hydrogen) atoms. The molecule has 0 bridgehead atoms. The van der Waals surface area contributed by atoms with Crippen LogP contribution in [0.2, 0.25) is 0 Å². The summed E-state index contributed by atoms with van der Waals surface area (Å²) in [5.41, 5.74) is 0. The Bertz CT molecular complexity index is 718. The fourth-order valence-corrected chi connectivity index (χ4v) is 5.24. The maximum atomic E-state index is 13.1. The van der Waals surface area contributed by atoms with Crippen molar-refractivity contribution in [2.45, 2.75) is 23.8 Å². The second-order valence-electron chi connectivity index (χ2n) is 6.61. The van der Waals surface area contributed by atoms with E-state index in [1.165, 1.54) is 0 Å². The van der Waals surface area contributed by atoms with E-state index >= 15 is 0 Å². The van der Waals surface area contributed by atoms with Crippen LogP contribution >= 0.6 is 0 Å². The highest BCUT2D eigenvalue weighted by Crippen LogP contribution is 2.34. The molecule has 0 aliphatic carbocycles. The lowest BCUT2D eigenvalue weighted by atomic mass is 10.1. The number of benzene rings is 1. The number of sulfonamides is 1. The predicted octanol–water partition coefficient (Wildman–Crippen LogP) is 0.943. The number of fused-ring (bicyclic) bond motifs is 1. The van der Waals surface area contributed by atoms with Gasteiger partial charge in [0, 0.05) is 38.3 Å². The van der Waals surface area contributed by atoms with Crippen molar-refractivity contribution in [3.63, 3.8) is 0 Å². The van der Waals surface area contributed by atoms with Gasteiger partial charge in [0.25, 0.3) is 0 Å². The van der Waals surface area contributed by atoms with Gasteiger partial charge in [-0.05, 0) is 25.0 Å². The molecule has 1 aromatic carbocycles. The molecule has 0 amide bonds. The van der Waals surface area contributed by atoms with Crippen LogP contribution in [-0.2, 0) is 14.8 Å². The van der Waals surface area contributed by atoms with E-state index in [0.717, 1.165) is 39.1 Å². The van der Waals surface area contributed by atoms with Crippen LogP contribution in [0.1, 0.15) is 12.8 Å². The number of morpholine rings is 1. The van der Waals surface area contributed by atoms with E-state index in [4.69, 9.17) is 14.2 Å². The third-order valence-corrected chi connectivity index (χ3v) is 6.93. The van der Waals surface area contributed by atoms with E-state index in [1.54, 1.807) is 22.5 Å². The van der Waals surface area contributed by atoms with Gasteiger partial charge in [-0.25, -0.2) is 8.42 Å². The van der Waals surface area contributed by atoms with Crippen molar-refractivity contribution in [2.24, 2.45) is 0 Å². The molecule has 3 heterocycles. The highest BCUT2D eigenvalue weighted by molar-refractivity contribution is 7.89. The summed E-state index contributed by atoms with van der Waals surface area (Å²) in [6, 6.07) is 5.15. The van der Waals surface area contributed by atoms with E-state index in [9.17, 15) is 8.42 Å². The summed E-state index contributed by atoms with van der Waals surface area (Å²) in [5, 5.41) is 0. The molecule has 2 fully saturated rings. The molecule has 8 heteroatoms. The predicted molar refractivity (Wildman–Crippen MR) is 91.6 cm³/mol. The number of hydrogen-bond acceptors (Lipinski definition) is 6. The summed E-state index contributed by atoms with van der Waals surface area (Å²) >= 11 is 0. The van der Waals surface area contributed by atoms with E-state index in [-0.39, 0.29) is 10.9 Å². The molecule has 3 aliphatic rings. The number of rotatable bonds is 3. The first kappa shape index (κ1) is 17.1. The van der Waals surface area contributed by atoms with Crippen LogP contribution in [0.3, 0.4) is 0 Å². The standard InChI is InChI=1S/C17H24N2O5S/c20-25(21,15-3-4-16-17(12-15)24-11-10-23-16)19-5-1-2-14(13-19)18-6-8-22-9-7-18/h3-4,12,14H,1-2,5-11,13H2. The molecule has 138 valence electrons. The van der Waals surface area contributed by atoms with Gasteiger partial charge in [-0.3, -0.25) is 4.90 Å². The minimum atomic E-state index is -3.53. The topological polar surface area (TPSA) is 68.3 Å². The molecule has 1 atom stereocenters. The van der Waals surface area contributed by atoms with Gasteiger partial charge in [-0.1, -0.05) is 0 Å². The summed E-state index contributed by atoms with van der Waals surface area (Å²) in [6.45, 7) is 5.25. The Labute approximate surface area is 148 Å². The lowest BCUT2D eigenvalue weighted by molar-refractivity contribution is 0.00537. The maximum absolute atomic E-state index is 13.1. The average Bonchev–Trinajstić information content (AvgIpc) is 2.68. The zero-order chi connectivity index (χ0) is 17.3.